The first-order valence-corrected chi connectivity index (χ1v) is 7.66. The molecule has 5 nitrogen and oxygen atoms in total. The van der Waals surface area contributed by atoms with Gasteiger partial charge in [-0.25, -0.2) is 4.79 Å². The van der Waals surface area contributed by atoms with Crippen molar-refractivity contribution < 1.29 is 24.1 Å². The number of rotatable bonds is 4. The van der Waals surface area contributed by atoms with E-state index in [2.05, 4.69) is 0 Å². The molecular formula is C20H18O5. The molecule has 0 heterocycles. The maximum atomic E-state index is 12.3. The molecule has 0 saturated heterocycles. The van der Waals surface area contributed by atoms with E-state index in [4.69, 9.17) is 14.2 Å². The van der Waals surface area contributed by atoms with Gasteiger partial charge in [-0.3, -0.25) is 0 Å². The number of esters is 1. The van der Waals surface area contributed by atoms with E-state index >= 15 is 0 Å². The predicted molar refractivity (Wildman–Crippen MR) is 95.5 cm³/mol. The molecule has 0 amide bonds. The number of benzene rings is 3. The summed E-state index contributed by atoms with van der Waals surface area (Å²) >= 11 is 0. The molecule has 0 saturated carbocycles. The first-order chi connectivity index (χ1) is 12.1. The minimum absolute atomic E-state index is 0.0314. The van der Waals surface area contributed by atoms with E-state index in [1.807, 2.05) is 30.3 Å². The minimum atomic E-state index is -0.522. The molecule has 25 heavy (non-hydrogen) atoms. The van der Waals surface area contributed by atoms with Gasteiger partial charge >= 0.3 is 5.97 Å². The van der Waals surface area contributed by atoms with E-state index in [-0.39, 0.29) is 11.3 Å². The Labute approximate surface area is 145 Å². The van der Waals surface area contributed by atoms with E-state index in [1.54, 1.807) is 12.1 Å². The van der Waals surface area contributed by atoms with Crippen molar-refractivity contribution in [2.45, 2.75) is 0 Å². The van der Waals surface area contributed by atoms with Gasteiger partial charge in [0, 0.05) is 10.9 Å². The highest BCUT2D eigenvalue weighted by Gasteiger charge is 2.21. The first kappa shape index (κ1) is 16.6. The minimum Gasteiger partial charge on any atom is -0.507 e. The van der Waals surface area contributed by atoms with Crippen LogP contribution in [-0.4, -0.2) is 32.4 Å². The van der Waals surface area contributed by atoms with Gasteiger partial charge in [-0.2, -0.15) is 0 Å². The van der Waals surface area contributed by atoms with Crippen molar-refractivity contribution in [3.8, 4) is 28.4 Å². The van der Waals surface area contributed by atoms with Crippen LogP contribution in [0.3, 0.4) is 0 Å². The zero-order valence-corrected chi connectivity index (χ0v) is 14.2. The predicted octanol–water partition coefficient (Wildman–Crippen LogP) is 4.02. The Morgan fingerprint density at radius 3 is 2.04 bits per heavy atom. The summed E-state index contributed by atoms with van der Waals surface area (Å²) < 4.78 is 15.6. The van der Waals surface area contributed by atoms with Crippen LogP contribution in [0.15, 0.2) is 48.5 Å². The zero-order chi connectivity index (χ0) is 18.0. The molecule has 3 rings (SSSR count). The number of ether oxygens (including phenoxy) is 3. The van der Waals surface area contributed by atoms with Crippen LogP contribution in [0.5, 0.6) is 17.2 Å². The zero-order valence-electron chi connectivity index (χ0n) is 14.2. The Hall–Kier alpha value is -3.21. The van der Waals surface area contributed by atoms with Crippen LogP contribution < -0.4 is 9.47 Å². The van der Waals surface area contributed by atoms with Crippen molar-refractivity contribution in [2.24, 2.45) is 0 Å². The molecule has 0 bridgehead atoms. The topological polar surface area (TPSA) is 65.0 Å². The smallest absolute Gasteiger partial charge is 0.338 e. The molecule has 3 aromatic carbocycles. The SMILES string of the molecule is COC(=O)c1cc(O)c2cc(OC)c(OC)cc2c1-c1ccccc1. The molecular weight excluding hydrogens is 320 g/mol. The molecule has 0 aliphatic rings. The second-order valence-corrected chi connectivity index (χ2v) is 5.43. The highest BCUT2D eigenvalue weighted by atomic mass is 16.5. The largest absolute Gasteiger partial charge is 0.507 e. The van der Waals surface area contributed by atoms with Crippen molar-refractivity contribution in [2.75, 3.05) is 21.3 Å². The van der Waals surface area contributed by atoms with E-state index in [1.165, 1.54) is 27.4 Å². The third-order valence-corrected chi connectivity index (χ3v) is 4.09. The number of methoxy groups -OCH3 is 3. The highest BCUT2D eigenvalue weighted by Crippen LogP contribution is 2.42. The van der Waals surface area contributed by atoms with Crippen molar-refractivity contribution in [1.82, 2.24) is 0 Å². The number of carbonyl (C=O) groups is 1. The molecule has 0 atom stereocenters. The molecule has 0 fully saturated rings. The maximum absolute atomic E-state index is 12.3. The van der Waals surface area contributed by atoms with Gasteiger partial charge in [0.2, 0.25) is 0 Å². The van der Waals surface area contributed by atoms with Crippen LogP contribution in [0.4, 0.5) is 0 Å². The molecule has 1 N–H and O–H groups in total. The van der Waals surface area contributed by atoms with Crippen molar-refractivity contribution in [1.29, 1.82) is 0 Å². The van der Waals surface area contributed by atoms with Crippen LogP contribution in [0.2, 0.25) is 0 Å². The Bertz CT molecular complexity index is 932. The number of hydrogen-bond donors (Lipinski definition) is 1. The van der Waals surface area contributed by atoms with E-state index in [9.17, 15) is 9.90 Å². The number of aromatic hydroxyl groups is 1. The summed E-state index contributed by atoms with van der Waals surface area (Å²) in [6.45, 7) is 0. The quantitative estimate of drug-likeness (QED) is 0.728. The molecule has 128 valence electrons. The van der Waals surface area contributed by atoms with Gasteiger partial charge in [0.25, 0.3) is 0 Å². The number of phenols is 1. The summed E-state index contributed by atoms with van der Waals surface area (Å²) in [7, 11) is 4.38. The Balaban J connectivity index is 2.46. The molecule has 0 aliphatic carbocycles. The lowest BCUT2D eigenvalue weighted by molar-refractivity contribution is 0.0601. The lowest BCUT2D eigenvalue weighted by atomic mass is 9.92. The van der Waals surface area contributed by atoms with Crippen LogP contribution in [0.1, 0.15) is 10.4 Å². The van der Waals surface area contributed by atoms with Gasteiger partial charge in [0.05, 0.1) is 26.9 Å². The highest BCUT2D eigenvalue weighted by molar-refractivity contribution is 6.11. The van der Waals surface area contributed by atoms with Crippen LogP contribution in [-0.2, 0) is 4.74 Å². The van der Waals surface area contributed by atoms with Crippen LogP contribution in [0.25, 0.3) is 21.9 Å². The van der Waals surface area contributed by atoms with Crippen LogP contribution >= 0.6 is 0 Å². The van der Waals surface area contributed by atoms with Gasteiger partial charge in [0.1, 0.15) is 5.75 Å². The van der Waals surface area contributed by atoms with Crippen molar-refractivity contribution in [3.05, 3.63) is 54.1 Å². The van der Waals surface area contributed by atoms with E-state index in [0.29, 0.717) is 27.8 Å². The van der Waals surface area contributed by atoms with Gasteiger partial charge in [-0.1, -0.05) is 30.3 Å². The van der Waals surface area contributed by atoms with Gasteiger partial charge < -0.3 is 19.3 Å². The summed E-state index contributed by atoms with van der Waals surface area (Å²) in [4.78, 5) is 12.3. The van der Waals surface area contributed by atoms with E-state index < -0.39 is 5.97 Å². The lowest BCUT2D eigenvalue weighted by Crippen LogP contribution is -2.04. The molecule has 0 aliphatic heterocycles. The average molecular weight is 338 g/mol. The van der Waals surface area contributed by atoms with Gasteiger partial charge in [-0.05, 0) is 29.1 Å². The fourth-order valence-electron chi connectivity index (χ4n) is 2.92. The molecule has 0 unspecified atom stereocenters. The molecule has 0 radical (unpaired) electrons. The fraction of sp³-hybridized carbons (Fsp3) is 0.150. The maximum Gasteiger partial charge on any atom is 0.338 e. The van der Waals surface area contributed by atoms with Crippen molar-refractivity contribution >= 4 is 16.7 Å². The van der Waals surface area contributed by atoms with Gasteiger partial charge in [0.15, 0.2) is 11.5 Å². The average Bonchev–Trinajstić information content (AvgIpc) is 2.66. The number of phenolic OH excluding ortho intramolecular Hbond substituents is 1. The fourth-order valence-corrected chi connectivity index (χ4v) is 2.92. The summed E-state index contributed by atoms with van der Waals surface area (Å²) in [6, 6.07) is 14.3. The van der Waals surface area contributed by atoms with Crippen molar-refractivity contribution in [3.63, 3.8) is 0 Å². The number of carbonyl (C=O) groups excluding carboxylic acids is 1. The molecule has 0 aromatic heterocycles. The molecule has 5 heteroatoms. The second-order valence-electron chi connectivity index (χ2n) is 5.43. The normalized spacial score (nSPS) is 10.5. The van der Waals surface area contributed by atoms with E-state index in [0.717, 1.165) is 5.56 Å². The monoisotopic (exact) mass is 338 g/mol. The summed E-state index contributed by atoms with van der Waals surface area (Å²) in [5, 5.41) is 11.7. The summed E-state index contributed by atoms with van der Waals surface area (Å²) in [5.74, 6) is 0.450. The lowest BCUT2D eigenvalue weighted by Gasteiger charge is -2.16. The Morgan fingerprint density at radius 2 is 1.48 bits per heavy atom. The third kappa shape index (κ3) is 2.85. The standard InChI is InChI=1S/C20H18O5/c1-23-17-10-13-14(11-18(17)24-2)19(12-7-5-4-6-8-12)15(9-16(13)21)20(22)25-3/h4-11,21H,1-3H3. The molecule has 3 aromatic rings. The number of hydrogen-bond acceptors (Lipinski definition) is 5. The third-order valence-electron chi connectivity index (χ3n) is 4.09. The Morgan fingerprint density at radius 1 is 0.880 bits per heavy atom. The summed E-state index contributed by atoms with van der Waals surface area (Å²) in [5.41, 5.74) is 1.78. The number of fused-ring (bicyclic) bond motifs is 1. The first-order valence-electron chi connectivity index (χ1n) is 7.66. The Kier molecular flexibility index (Phi) is 4.48. The molecule has 0 spiro atoms. The van der Waals surface area contributed by atoms with Gasteiger partial charge in [-0.15, -0.1) is 0 Å². The van der Waals surface area contributed by atoms with Crippen LogP contribution in [0, 0.1) is 0 Å². The second kappa shape index (κ2) is 6.73. The summed E-state index contributed by atoms with van der Waals surface area (Å²) in [6.07, 6.45) is 0.